The van der Waals surface area contributed by atoms with Gasteiger partial charge in [0.05, 0.1) is 39.9 Å². The van der Waals surface area contributed by atoms with Gasteiger partial charge in [0.1, 0.15) is 13.2 Å². The molecule has 562 valence electrons. The van der Waals surface area contributed by atoms with E-state index >= 15 is 0 Å². The molecular formula is C85H171N2O6P. The summed E-state index contributed by atoms with van der Waals surface area (Å²) < 4.78 is 23.6. The van der Waals surface area contributed by atoms with E-state index in [4.69, 9.17) is 9.05 Å². The number of amides is 1. The van der Waals surface area contributed by atoms with E-state index < -0.39 is 20.0 Å². The van der Waals surface area contributed by atoms with Crippen molar-refractivity contribution in [1.29, 1.82) is 0 Å². The van der Waals surface area contributed by atoms with Crippen LogP contribution in [0.3, 0.4) is 0 Å². The SMILES string of the molecule is CCCCCCCCCC/C=C\CCCCCCCCCCCCCCCCCCCCCCCCCCCCCCCC(=O)NC(COP(=O)([O-])OCC[N+](C)(C)C)C(O)CCCCCCCCCCCCCCCCCCCCCCCCCCCCCCCCC. The summed E-state index contributed by atoms with van der Waals surface area (Å²) in [6, 6.07) is -0.799. The van der Waals surface area contributed by atoms with Crippen molar-refractivity contribution in [2.24, 2.45) is 0 Å². The molecule has 0 aliphatic rings. The molecule has 0 spiro atoms. The Bertz CT molecular complexity index is 1540. The molecule has 0 rings (SSSR count). The fourth-order valence-electron chi connectivity index (χ4n) is 13.9. The van der Waals surface area contributed by atoms with Gasteiger partial charge in [-0.2, -0.15) is 0 Å². The van der Waals surface area contributed by atoms with Crippen molar-refractivity contribution in [2.75, 3.05) is 40.9 Å². The minimum atomic E-state index is -4.58. The number of carbonyl (C=O) groups excluding carboxylic acids is 1. The fourth-order valence-corrected chi connectivity index (χ4v) is 14.6. The van der Waals surface area contributed by atoms with E-state index in [1.807, 2.05) is 21.1 Å². The molecule has 8 nitrogen and oxygen atoms in total. The molecule has 0 aromatic rings. The first-order chi connectivity index (χ1) is 46.0. The number of likely N-dealkylation sites (N-methyl/N-ethyl adjacent to an activating group) is 1. The Hall–Kier alpha value is -0.760. The first-order valence-electron chi connectivity index (χ1n) is 43.0. The minimum absolute atomic E-state index is 0.0166. The van der Waals surface area contributed by atoms with E-state index in [1.165, 1.54) is 411 Å². The van der Waals surface area contributed by atoms with E-state index in [1.54, 1.807) is 0 Å². The Kier molecular flexibility index (Phi) is 75.8. The third kappa shape index (κ3) is 78.6. The molecule has 9 heteroatoms. The van der Waals surface area contributed by atoms with Gasteiger partial charge in [0.15, 0.2) is 0 Å². The van der Waals surface area contributed by atoms with Crippen molar-refractivity contribution in [1.82, 2.24) is 5.32 Å². The molecule has 0 aromatic heterocycles. The highest BCUT2D eigenvalue weighted by molar-refractivity contribution is 7.45. The van der Waals surface area contributed by atoms with Crippen LogP contribution in [0.15, 0.2) is 12.2 Å². The molecule has 0 aliphatic heterocycles. The number of hydrogen-bond donors (Lipinski definition) is 2. The summed E-state index contributed by atoms with van der Waals surface area (Å²) in [5, 5.41) is 14.2. The second-order valence-corrected chi connectivity index (χ2v) is 32.7. The van der Waals surface area contributed by atoms with Gasteiger partial charge in [-0.3, -0.25) is 9.36 Å². The summed E-state index contributed by atoms with van der Waals surface area (Å²) in [5.41, 5.74) is 0. The molecule has 1 amide bonds. The number of phosphoric ester groups is 1. The van der Waals surface area contributed by atoms with Crippen molar-refractivity contribution in [3.05, 3.63) is 12.2 Å². The average molecular weight is 1350 g/mol. The third-order valence-corrected chi connectivity index (χ3v) is 21.5. The van der Waals surface area contributed by atoms with Gasteiger partial charge < -0.3 is 28.8 Å². The van der Waals surface area contributed by atoms with Gasteiger partial charge in [-0.1, -0.05) is 443 Å². The maximum Gasteiger partial charge on any atom is 0.268 e. The van der Waals surface area contributed by atoms with E-state index in [0.29, 0.717) is 23.9 Å². The van der Waals surface area contributed by atoms with Crippen LogP contribution in [0.1, 0.15) is 476 Å². The lowest BCUT2D eigenvalue weighted by atomic mass is 10.0. The molecule has 94 heavy (non-hydrogen) atoms. The van der Waals surface area contributed by atoms with Crippen molar-refractivity contribution in [2.45, 2.75) is 488 Å². The number of rotatable bonds is 82. The Morgan fingerprint density at radius 2 is 0.585 bits per heavy atom. The Morgan fingerprint density at radius 3 is 0.830 bits per heavy atom. The molecule has 0 heterocycles. The first kappa shape index (κ1) is 93.2. The highest BCUT2D eigenvalue weighted by Gasteiger charge is 2.24. The van der Waals surface area contributed by atoms with Crippen LogP contribution in [0.5, 0.6) is 0 Å². The highest BCUT2D eigenvalue weighted by Crippen LogP contribution is 2.38. The molecule has 0 aromatic carbocycles. The maximum atomic E-state index is 13.1. The zero-order valence-corrected chi connectivity index (χ0v) is 65.6. The Morgan fingerprint density at radius 1 is 0.362 bits per heavy atom. The van der Waals surface area contributed by atoms with Crippen molar-refractivity contribution < 1.29 is 32.9 Å². The number of phosphoric acid groups is 1. The van der Waals surface area contributed by atoms with Crippen LogP contribution in [0, 0.1) is 0 Å². The quantitative estimate of drug-likeness (QED) is 0.0272. The van der Waals surface area contributed by atoms with Gasteiger partial charge in [0.25, 0.3) is 7.82 Å². The summed E-state index contributed by atoms with van der Waals surface area (Å²) in [6.45, 7) is 4.81. The van der Waals surface area contributed by atoms with Crippen molar-refractivity contribution >= 4 is 13.7 Å². The van der Waals surface area contributed by atoms with Gasteiger partial charge in [-0.25, -0.2) is 0 Å². The van der Waals surface area contributed by atoms with Crippen molar-refractivity contribution in [3.63, 3.8) is 0 Å². The van der Waals surface area contributed by atoms with E-state index in [-0.39, 0.29) is 19.1 Å². The van der Waals surface area contributed by atoms with Crippen LogP contribution < -0.4 is 10.2 Å². The van der Waals surface area contributed by atoms with Gasteiger partial charge >= 0.3 is 0 Å². The molecular weight excluding hydrogens is 1180 g/mol. The van der Waals surface area contributed by atoms with Crippen LogP contribution >= 0.6 is 7.82 Å². The van der Waals surface area contributed by atoms with Crippen LogP contribution in [-0.4, -0.2) is 68.5 Å². The standard InChI is InChI=1S/C85H171N2O6P/c1-6-8-10-12-14-16-18-20-22-24-26-28-30-32-34-36-38-39-40-41-42-43-44-45-46-47-49-51-53-55-57-59-61-63-65-67-69-71-73-75-77-79-85(89)86-83(82-93-94(90,91)92-81-80-87(3,4)5)84(88)78-76-74-72-70-68-66-64-62-60-58-56-54-52-50-48-37-35-33-31-29-27-25-23-21-19-17-15-13-11-9-7-2/h24,26,83-84,88H,6-23,25,27-82H2,1-5H3,(H-,86,89,90,91)/b26-24-. The molecule has 2 N–H and O–H groups in total. The Balaban J connectivity index is 3.84. The topological polar surface area (TPSA) is 108 Å². The number of aliphatic hydroxyl groups is 1. The Labute approximate surface area is 590 Å². The molecule has 3 atom stereocenters. The number of carbonyl (C=O) groups is 1. The zero-order chi connectivity index (χ0) is 68.3. The largest absolute Gasteiger partial charge is 0.756 e. The number of allylic oxidation sites excluding steroid dienone is 2. The normalized spacial score (nSPS) is 13.4. The second-order valence-electron chi connectivity index (χ2n) is 31.3. The number of hydrogen-bond acceptors (Lipinski definition) is 6. The number of nitrogens with one attached hydrogen (secondary N) is 1. The first-order valence-corrected chi connectivity index (χ1v) is 44.5. The van der Waals surface area contributed by atoms with Crippen LogP contribution in [-0.2, 0) is 18.4 Å². The summed E-state index contributed by atoms with van der Waals surface area (Å²) in [6.07, 6.45) is 101. The highest BCUT2D eigenvalue weighted by atomic mass is 31.2. The van der Waals surface area contributed by atoms with Gasteiger partial charge in [-0.15, -0.1) is 0 Å². The summed E-state index contributed by atoms with van der Waals surface area (Å²) in [4.78, 5) is 25.8. The lowest BCUT2D eigenvalue weighted by Gasteiger charge is -2.30. The van der Waals surface area contributed by atoms with Crippen LogP contribution in [0.2, 0.25) is 0 Å². The average Bonchev–Trinajstić information content (AvgIpc) is 1.77. The van der Waals surface area contributed by atoms with E-state index in [2.05, 4.69) is 31.3 Å². The molecule has 0 aliphatic carbocycles. The number of aliphatic hydroxyl groups excluding tert-OH is 1. The molecule has 0 saturated carbocycles. The number of quaternary nitrogens is 1. The molecule has 0 saturated heterocycles. The number of nitrogens with zero attached hydrogens (tertiary/aromatic N) is 1. The summed E-state index contributed by atoms with van der Waals surface area (Å²) in [5.74, 6) is -0.152. The number of unbranched alkanes of at least 4 members (excludes halogenated alkanes) is 67. The van der Waals surface area contributed by atoms with Crippen LogP contribution in [0.4, 0.5) is 0 Å². The molecule has 3 unspecified atom stereocenters. The predicted octanol–water partition coefficient (Wildman–Crippen LogP) is 27.7. The van der Waals surface area contributed by atoms with E-state index in [9.17, 15) is 19.4 Å². The summed E-state index contributed by atoms with van der Waals surface area (Å²) in [7, 11) is 1.33. The van der Waals surface area contributed by atoms with Gasteiger partial charge in [-0.05, 0) is 38.5 Å². The fraction of sp³-hybridized carbons (Fsp3) is 0.965. The molecule has 0 bridgehead atoms. The smallest absolute Gasteiger partial charge is 0.268 e. The van der Waals surface area contributed by atoms with Crippen LogP contribution in [0.25, 0.3) is 0 Å². The summed E-state index contributed by atoms with van der Waals surface area (Å²) >= 11 is 0. The lowest BCUT2D eigenvalue weighted by Crippen LogP contribution is -2.46. The van der Waals surface area contributed by atoms with Gasteiger partial charge in [0.2, 0.25) is 5.91 Å². The molecule has 0 radical (unpaired) electrons. The van der Waals surface area contributed by atoms with E-state index in [0.717, 1.165) is 38.5 Å². The zero-order valence-electron chi connectivity index (χ0n) is 64.7. The van der Waals surface area contributed by atoms with Gasteiger partial charge in [0, 0.05) is 6.42 Å². The lowest BCUT2D eigenvalue weighted by molar-refractivity contribution is -0.870. The van der Waals surface area contributed by atoms with Crippen molar-refractivity contribution in [3.8, 4) is 0 Å². The second kappa shape index (κ2) is 76.4. The molecule has 0 fully saturated rings. The monoisotopic (exact) mass is 1350 g/mol. The predicted molar refractivity (Wildman–Crippen MR) is 413 cm³/mol. The maximum absolute atomic E-state index is 13.1. The third-order valence-electron chi connectivity index (χ3n) is 20.5. The minimum Gasteiger partial charge on any atom is -0.756 e.